The molecule has 1 aliphatic carbocycles. The van der Waals surface area contributed by atoms with Gasteiger partial charge >= 0.3 is 53.0 Å². The molecular formula is C5H5NNiO. The average molecular weight is 154 g/mol. The fourth-order valence-corrected chi connectivity index (χ4v) is 0.988. The van der Waals surface area contributed by atoms with Gasteiger partial charge in [-0.15, -0.1) is 0 Å². The molecule has 1 aliphatic rings. The summed E-state index contributed by atoms with van der Waals surface area (Å²) in [5.74, 6) is 0. The Labute approximate surface area is 53.6 Å². The van der Waals surface area contributed by atoms with Crippen LogP contribution in [-0.2, 0) is 14.7 Å². The van der Waals surface area contributed by atoms with Crippen LogP contribution in [0.25, 0.3) is 0 Å². The molecule has 0 saturated heterocycles. The minimum atomic E-state index is 0.844. The van der Waals surface area contributed by atoms with Crippen molar-refractivity contribution in [2.24, 2.45) is 4.26 Å². The van der Waals surface area contributed by atoms with Gasteiger partial charge in [0.2, 0.25) is 0 Å². The Kier molecular flexibility index (Phi) is 1.98. The molecule has 0 unspecified atom stereocenters. The van der Waals surface area contributed by atoms with Gasteiger partial charge in [0.25, 0.3) is 0 Å². The van der Waals surface area contributed by atoms with E-state index in [1.54, 1.807) is 0 Å². The molecule has 1 rings (SSSR count). The Morgan fingerprint density at radius 1 is 1.75 bits per heavy atom. The molecule has 0 saturated carbocycles. The molecule has 0 atom stereocenters. The van der Waals surface area contributed by atoms with Gasteiger partial charge in [0.15, 0.2) is 0 Å². The standard InChI is InChI=1S/C5H5.NO.Ni/c1-2-4-5-3-1;1-2;/h1-3H,4H2;;/q;-1;+1. The Balaban J connectivity index is 2.39. The van der Waals surface area contributed by atoms with E-state index < -0.39 is 0 Å². The molecule has 8 heavy (non-hydrogen) atoms. The van der Waals surface area contributed by atoms with Gasteiger partial charge in [-0.25, -0.2) is 0 Å². The monoisotopic (exact) mass is 153 g/mol. The summed E-state index contributed by atoms with van der Waals surface area (Å²) < 4.78 is 3.75. The van der Waals surface area contributed by atoms with Crippen molar-refractivity contribution in [1.29, 1.82) is 0 Å². The van der Waals surface area contributed by atoms with E-state index in [1.807, 2.05) is 18.2 Å². The second-order valence-electron chi connectivity index (χ2n) is 1.33. The third kappa shape index (κ3) is 1.27. The summed E-state index contributed by atoms with van der Waals surface area (Å²) in [5, 5.41) is 0. The molecule has 0 aromatic carbocycles. The summed E-state index contributed by atoms with van der Waals surface area (Å²) >= 11 is 0.844. The zero-order valence-electron chi connectivity index (χ0n) is 4.11. The summed E-state index contributed by atoms with van der Waals surface area (Å²) in [5.41, 5.74) is 0. The van der Waals surface area contributed by atoms with Gasteiger partial charge in [-0.1, -0.05) is 0 Å². The summed E-state index contributed by atoms with van der Waals surface area (Å²) in [6.07, 6.45) is 6.71. The van der Waals surface area contributed by atoms with Crippen LogP contribution in [0.15, 0.2) is 27.0 Å². The van der Waals surface area contributed by atoms with Crippen molar-refractivity contribution >= 4 is 0 Å². The molecule has 0 heterocycles. The molecule has 3 heteroatoms. The van der Waals surface area contributed by atoms with Crippen LogP contribution in [0.3, 0.4) is 0 Å². The fraction of sp³-hybridized carbons (Fsp3) is 0.200. The van der Waals surface area contributed by atoms with E-state index in [-0.39, 0.29) is 0 Å². The molecule has 2 nitrogen and oxygen atoms in total. The van der Waals surface area contributed by atoms with E-state index in [0.717, 1.165) is 25.6 Å². The summed E-state index contributed by atoms with van der Waals surface area (Å²) in [4.78, 5) is 9.61. The molecular weight excluding hydrogens is 149 g/mol. The van der Waals surface area contributed by atoms with Crippen molar-refractivity contribution in [3.8, 4) is 0 Å². The van der Waals surface area contributed by atoms with Gasteiger partial charge in [0, 0.05) is 0 Å². The Bertz CT molecular complexity index is 151. The topological polar surface area (TPSA) is 29.4 Å². The number of nitroso groups, excluding NO2 is 1. The van der Waals surface area contributed by atoms with Gasteiger partial charge in [0.05, 0.1) is 0 Å². The zero-order valence-corrected chi connectivity index (χ0v) is 5.10. The van der Waals surface area contributed by atoms with Crippen LogP contribution in [0.2, 0.25) is 0 Å². The zero-order chi connectivity index (χ0) is 5.82. The number of rotatable bonds is 2. The molecule has 0 N–H and O–H groups in total. The minimum absolute atomic E-state index is 0.844. The molecule has 0 aromatic heterocycles. The second kappa shape index (κ2) is 2.78. The van der Waals surface area contributed by atoms with E-state index >= 15 is 0 Å². The second-order valence-corrected chi connectivity index (χ2v) is 2.37. The Morgan fingerprint density at radius 3 is 3.12 bits per heavy atom. The first-order valence-corrected chi connectivity index (χ1v) is 3.13. The van der Waals surface area contributed by atoms with Gasteiger partial charge in [0.1, 0.15) is 0 Å². The molecule has 0 spiro atoms. The summed E-state index contributed by atoms with van der Waals surface area (Å²) in [6, 6.07) is 0. The van der Waals surface area contributed by atoms with E-state index in [0.29, 0.717) is 0 Å². The predicted octanol–water partition coefficient (Wildman–Crippen LogP) is 1.59. The third-order valence-electron chi connectivity index (χ3n) is 0.823. The van der Waals surface area contributed by atoms with Crippen LogP contribution >= 0.6 is 0 Å². The number of nitrogens with zero attached hydrogens (tertiary/aromatic N) is 1. The van der Waals surface area contributed by atoms with Crippen LogP contribution in [-0.4, -0.2) is 0 Å². The Hall–Kier alpha value is -0.426. The van der Waals surface area contributed by atoms with Crippen molar-refractivity contribution in [1.82, 2.24) is 0 Å². The third-order valence-corrected chi connectivity index (χ3v) is 1.56. The van der Waals surface area contributed by atoms with Gasteiger partial charge < -0.3 is 0 Å². The summed E-state index contributed by atoms with van der Waals surface area (Å²) in [7, 11) is 0. The first-order valence-electron chi connectivity index (χ1n) is 2.20. The normalized spacial score (nSPS) is 16.8. The van der Waals surface area contributed by atoms with Crippen LogP contribution < -0.4 is 0 Å². The predicted molar refractivity (Wildman–Crippen MR) is 27.6 cm³/mol. The van der Waals surface area contributed by atoms with Crippen molar-refractivity contribution in [3.05, 3.63) is 27.7 Å². The van der Waals surface area contributed by atoms with Crippen LogP contribution in [0, 0.1) is 4.91 Å². The number of allylic oxidation sites excluding steroid dienone is 4. The first kappa shape index (κ1) is 5.71. The molecule has 0 amide bonds. The average Bonchev–Trinajstić information content (AvgIpc) is 2.19. The van der Waals surface area contributed by atoms with Crippen molar-refractivity contribution in [3.63, 3.8) is 0 Å². The molecule has 0 radical (unpaired) electrons. The molecule has 0 bridgehead atoms. The fourth-order valence-electron chi connectivity index (χ4n) is 0.497. The molecule has 0 aliphatic heterocycles. The van der Waals surface area contributed by atoms with E-state index in [9.17, 15) is 4.91 Å². The van der Waals surface area contributed by atoms with Crippen molar-refractivity contribution < 1.29 is 14.7 Å². The van der Waals surface area contributed by atoms with Gasteiger partial charge in [-0.3, -0.25) is 0 Å². The van der Waals surface area contributed by atoms with Gasteiger partial charge in [-0.05, 0) is 0 Å². The molecule has 0 fully saturated rings. The van der Waals surface area contributed by atoms with Crippen molar-refractivity contribution in [2.45, 2.75) is 6.42 Å². The van der Waals surface area contributed by atoms with E-state index in [1.165, 1.54) is 0 Å². The molecule has 0 aromatic rings. The number of hydrogen-bond acceptors (Lipinski definition) is 2. The van der Waals surface area contributed by atoms with Crippen LogP contribution in [0.5, 0.6) is 0 Å². The molecule has 46 valence electrons. The number of hydrogen-bond donors (Lipinski definition) is 0. The van der Waals surface area contributed by atoms with Gasteiger partial charge in [-0.2, -0.15) is 0 Å². The maximum absolute atomic E-state index is 9.61. The van der Waals surface area contributed by atoms with Crippen LogP contribution in [0.1, 0.15) is 6.42 Å². The summed E-state index contributed by atoms with van der Waals surface area (Å²) in [6.45, 7) is 0. The van der Waals surface area contributed by atoms with E-state index in [2.05, 4.69) is 4.26 Å². The van der Waals surface area contributed by atoms with E-state index in [4.69, 9.17) is 0 Å². The Morgan fingerprint density at radius 2 is 2.62 bits per heavy atom. The quantitative estimate of drug-likeness (QED) is 0.438. The SMILES string of the molecule is O=[N][Ni][C]1=CC=CC1. The van der Waals surface area contributed by atoms with Crippen molar-refractivity contribution in [2.75, 3.05) is 0 Å². The first-order chi connectivity index (χ1) is 3.93. The maximum atomic E-state index is 9.61. The van der Waals surface area contributed by atoms with Crippen LogP contribution in [0.4, 0.5) is 0 Å².